The Morgan fingerprint density at radius 3 is 2.68 bits per heavy atom. The van der Waals surface area contributed by atoms with E-state index in [4.69, 9.17) is 0 Å². The van der Waals surface area contributed by atoms with E-state index in [1.54, 1.807) is 25.3 Å². The van der Waals surface area contributed by atoms with Gasteiger partial charge in [-0.2, -0.15) is 0 Å². The van der Waals surface area contributed by atoms with Crippen LogP contribution in [0.2, 0.25) is 0 Å². The molecule has 4 heteroatoms. The third-order valence-corrected chi connectivity index (χ3v) is 2.95. The van der Waals surface area contributed by atoms with Crippen LogP contribution in [0.15, 0.2) is 42.6 Å². The van der Waals surface area contributed by atoms with Crippen molar-refractivity contribution in [2.24, 2.45) is 0 Å². The fourth-order valence-electron chi connectivity index (χ4n) is 1.87. The number of aliphatic hydroxyl groups excluding tert-OH is 1. The van der Waals surface area contributed by atoms with E-state index in [2.05, 4.69) is 4.98 Å². The normalized spacial score (nSPS) is 12.2. The number of aromatic nitrogens is 1. The maximum atomic E-state index is 13.1. The Morgan fingerprint density at radius 1 is 1.32 bits per heavy atom. The molecule has 0 aliphatic carbocycles. The number of hydrogen-bond acceptors (Lipinski definition) is 3. The average Bonchev–Trinajstić information content (AvgIpc) is 2.39. The molecule has 0 amide bonds. The SMILES string of the molecule is C[C@@H](O)c1ccc(N(C)Cc2cccc(F)c2)cn1. The van der Waals surface area contributed by atoms with Gasteiger partial charge in [-0.1, -0.05) is 12.1 Å². The second-order valence-electron chi connectivity index (χ2n) is 4.60. The van der Waals surface area contributed by atoms with Crippen molar-refractivity contribution in [2.75, 3.05) is 11.9 Å². The van der Waals surface area contributed by atoms with Crippen molar-refractivity contribution in [3.8, 4) is 0 Å². The van der Waals surface area contributed by atoms with Crippen LogP contribution in [0, 0.1) is 5.82 Å². The Bertz CT molecular complexity index is 540. The summed E-state index contributed by atoms with van der Waals surface area (Å²) in [6, 6.07) is 10.2. The lowest BCUT2D eigenvalue weighted by Crippen LogP contribution is -2.16. The number of pyridine rings is 1. The van der Waals surface area contributed by atoms with Crippen LogP contribution in [0.5, 0.6) is 0 Å². The predicted octanol–water partition coefficient (Wildman–Crippen LogP) is 2.91. The van der Waals surface area contributed by atoms with Crippen LogP contribution < -0.4 is 4.90 Å². The van der Waals surface area contributed by atoms with E-state index in [0.29, 0.717) is 12.2 Å². The third-order valence-electron chi connectivity index (χ3n) is 2.95. The van der Waals surface area contributed by atoms with E-state index in [9.17, 15) is 9.50 Å². The molecule has 0 spiro atoms. The van der Waals surface area contributed by atoms with Gasteiger partial charge in [0.15, 0.2) is 0 Å². The molecule has 0 bridgehead atoms. The summed E-state index contributed by atoms with van der Waals surface area (Å²) in [5.41, 5.74) is 2.47. The minimum atomic E-state index is -0.567. The monoisotopic (exact) mass is 260 g/mol. The number of hydrogen-bond donors (Lipinski definition) is 1. The zero-order valence-electron chi connectivity index (χ0n) is 11.0. The molecule has 19 heavy (non-hydrogen) atoms. The van der Waals surface area contributed by atoms with E-state index in [1.165, 1.54) is 12.1 Å². The Labute approximate surface area is 112 Å². The summed E-state index contributed by atoms with van der Waals surface area (Å²) >= 11 is 0. The Kier molecular flexibility index (Phi) is 4.12. The molecule has 0 aliphatic heterocycles. The molecular formula is C15H17FN2O. The zero-order valence-corrected chi connectivity index (χ0v) is 11.0. The van der Waals surface area contributed by atoms with Crippen molar-refractivity contribution in [1.82, 2.24) is 4.98 Å². The molecule has 0 saturated carbocycles. The molecule has 1 atom stereocenters. The lowest BCUT2D eigenvalue weighted by molar-refractivity contribution is 0.194. The summed E-state index contributed by atoms with van der Waals surface area (Å²) < 4.78 is 13.1. The molecule has 100 valence electrons. The van der Waals surface area contributed by atoms with Crippen molar-refractivity contribution < 1.29 is 9.50 Å². The molecule has 2 aromatic rings. The zero-order chi connectivity index (χ0) is 13.8. The summed E-state index contributed by atoms with van der Waals surface area (Å²) in [7, 11) is 1.92. The molecular weight excluding hydrogens is 243 g/mol. The van der Waals surface area contributed by atoms with E-state index < -0.39 is 6.10 Å². The summed E-state index contributed by atoms with van der Waals surface area (Å²) in [6.07, 6.45) is 1.14. The first-order valence-electron chi connectivity index (χ1n) is 6.16. The third kappa shape index (κ3) is 3.51. The first kappa shape index (κ1) is 13.5. The van der Waals surface area contributed by atoms with Gasteiger partial charge in [-0.3, -0.25) is 4.98 Å². The van der Waals surface area contributed by atoms with Crippen LogP contribution in [0.25, 0.3) is 0 Å². The summed E-state index contributed by atoms with van der Waals surface area (Å²) in [5, 5.41) is 9.40. The second kappa shape index (κ2) is 5.80. The molecule has 0 fully saturated rings. The van der Waals surface area contributed by atoms with Crippen LogP contribution in [0.3, 0.4) is 0 Å². The van der Waals surface area contributed by atoms with Gasteiger partial charge in [0.05, 0.1) is 23.7 Å². The highest BCUT2D eigenvalue weighted by molar-refractivity contribution is 5.44. The molecule has 1 heterocycles. The molecule has 0 saturated heterocycles. The van der Waals surface area contributed by atoms with E-state index in [1.807, 2.05) is 24.1 Å². The van der Waals surface area contributed by atoms with Crippen molar-refractivity contribution in [2.45, 2.75) is 19.6 Å². The highest BCUT2D eigenvalue weighted by Crippen LogP contribution is 2.17. The number of anilines is 1. The molecule has 2 rings (SSSR count). The number of benzene rings is 1. The highest BCUT2D eigenvalue weighted by atomic mass is 19.1. The van der Waals surface area contributed by atoms with E-state index in [-0.39, 0.29) is 5.82 Å². The molecule has 0 aliphatic rings. The molecule has 0 radical (unpaired) electrons. The van der Waals surface area contributed by atoms with E-state index in [0.717, 1.165) is 11.3 Å². The van der Waals surface area contributed by atoms with Crippen molar-refractivity contribution in [3.05, 3.63) is 59.7 Å². The molecule has 3 nitrogen and oxygen atoms in total. The number of aliphatic hydroxyl groups is 1. The lowest BCUT2D eigenvalue weighted by Gasteiger charge is -2.19. The fraction of sp³-hybridized carbons (Fsp3) is 0.267. The van der Waals surface area contributed by atoms with Gasteiger partial charge in [0.2, 0.25) is 0 Å². The van der Waals surface area contributed by atoms with Crippen LogP contribution >= 0.6 is 0 Å². The minimum Gasteiger partial charge on any atom is -0.387 e. The topological polar surface area (TPSA) is 36.4 Å². The quantitative estimate of drug-likeness (QED) is 0.918. The van der Waals surface area contributed by atoms with Gasteiger partial charge >= 0.3 is 0 Å². The smallest absolute Gasteiger partial charge is 0.123 e. The van der Waals surface area contributed by atoms with Crippen molar-refractivity contribution in [3.63, 3.8) is 0 Å². The van der Waals surface area contributed by atoms with Gasteiger partial charge in [0, 0.05) is 13.6 Å². The van der Waals surface area contributed by atoms with Gasteiger partial charge in [-0.05, 0) is 36.8 Å². The fourth-order valence-corrected chi connectivity index (χ4v) is 1.87. The van der Waals surface area contributed by atoms with Crippen LogP contribution in [-0.4, -0.2) is 17.1 Å². The largest absolute Gasteiger partial charge is 0.387 e. The average molecular weight is 260 g/mol. The van der Waals surface area contributed by atoms with Crippen molar-refractivity contribution >= 4 is 5.69 Å². The molecule has 1 aromatic carbocycles. The van der Waals surface area contributed by atoms with Crippen LogP contribution in [0.1, 0.15) is 24.3 Å². The van der Waals surface area contributed by atoms with E-state index >= 15 is 0 Å². The summed E-state index contributed by atoms with van der Waals surface area (Å²) in [5.74, 6) is -0.228. The number of halogens is 1. The van der Waals surface area contributed by atoms with Crippen LogP contribution in [-0.2, 0) is 6.54 Å². The van der Waals surface area contributed by atoms with Crippen LogP contribution in [0.4, 0.5) is 10.1 Å². The first-order chi connectivity index (χ1) is 9.06. The summed E-state index contributed by atoms with van der Waals surface area (Å²) in [6.45, 7) is 2.28. The standard InChI is InChI=1S/C15H17FN2O/c1-11(19)15-7-6-14(9-17-15)18(2)10-12-4-3-5-13(16)8-12/h3-9,11,19H,10H2,1-2H3/t11-/m1/s1. The minimum absolute atomic E-state index is 0.228. The molecule has 1 N–H and O–H groups in total. The van der Waals surface area contributed by atoms with Gasteiger partial charge in [-0.15, -0.1) is 0 Å². The predicted molar refractivity (Wildman–Crippen MR) is 73.4 cm³/mol. The number of nitrogens with zero attached hydrogens (tertiary/aromatic N) is 2. The highest BCUT2D eigenvalue weighted by Gasteiger charge is 2.06. The maximum Gasteiger partial charge on any atom is 0.123 e. The van der Waals surface area contributed by atoms with Gasteiger partial charge in [0.1, 0.15) is 5.82 Å². The molecule has 0 unspecified atom stereocenters. The maximum absolute atomic E-state index is 13.1. The van der Waals surface area contributed by atoms with Crippen molar-refractivity contribution in [1.29, 1.82) is 0 Å². The van der Waals surface area contributed by atoms with Gasteiger partial charge < -0.3 is 10.0 Å². The Morgan fingerprint density at radius 2 is 2.11 bits per heavy atom. The van der Waals surface area contributed by atoms with Gasteiger partial charge in [0.25, 0.3) is 0 Å². The lowest BCUT2D eigenvalue weighted by atomic mass is 10.2. The second-order valence-corrected chi connectivity index (χ2v) is 4.60. The molecule has 1 aromatic heterocycles. The first-order valence-corrected chi connectivity index (χ1v) is 6.16. The Balaban J connectivity index is 2.09. The Hall–Kier alpha value is -1.94. The summed E-state index contributed by atoms with van der Waals surface area (Å²) in [4.78, 5) is 6.17. The van der Waals surface area contributed by atoms with Gasteiger partial charge in [-0.25, -0.2) is 4.39 Å². The number of rotatable bonds is 4.